The van der Waals surface area contributed by atoms with Crippen LogP contribution < -0.4 is 5.32 Å². The number of amides is 1. The fourth-order valence-electron chi connectivity index (χ4n) is 3.25. The van der Waals surface area contributed by atoms with E-state index < -0.39 is 10.4 Å². The van der Waals surface area contributed by atoms with Crippen LogP contribution in [0.15, 0.2) is 48.5 Å². The van der Waals surface area contributed by atoms with Gasteiger partial charge in [-0.15, -0.1) is 0 Å². The molecule has 1 aliphatic carbocycles. The Morgan fingerprint density at radius 2 is 1.57 bits per heavy atom. The van der Waals surface area contributed by atoms with E-state index in [1.165, 1.54) is 22.3 Å². The summed E-state index contributed by atoms with van der Waals surface area (Å²) in [5.74, 6) is -0.283. The summed E-state index contributed by atoms with van der Waals surface area (Å²) >= 11 is 3.25. The Bertz CT molecular complexity index is 814. The van der Waals surface area contributed by atoms with Gasteiger partial charge in [-0.05, 0) is 42.5 Å². The van der Waals surface area contributed by atoms with Crippen LogP contribution in [0.3, 0.4) is 0 Å². The smallest absolute Gasteiger partial charge is 0.407 e. The lowest BCUT2D eigenvalue weighted by Gasteiger charge is -2.15. The Morgan fingerprint density at radius 3 is 2.14 bits per heavy atom. The second-order valence-electron chi connectivity index (χ2n) is 7.21. The quantitative estimate of drug-likeness (QED) is 0.383. The molecule has 5 nitrogen and oxygen atoms in total. The molecule has 2 aromatic carbocycles. The summed E-state index contributed by atoms with van der Waals surface area (Å²) in [7, 11) is 0. The van der Waals surface area contributed by atoms with Crippen molar-refractivity contribution in [2.75, 3.05) is 19.8 Å². The van der Waals surface area contributed by atoms with Crippen LogP contribution in [0.5, 0.6) is 0 Å². The number of fused-ring (bicyclic) bond motifs is 3. The number of carbonyl (C=O) groups is 2. The molecule has 0 saturated carbocycles. The number of alkyl halides is 1. The number of benzene rings is 2. The maximum absolute atomic E-state index is 12.0. The van der Waals surface area contributed by atoms with E-state index in [1.54, 1.807) is 13.8 Å². The van der Waals surface area contributed by atoms with Crippen molar-refractivity contribution in [3.63, 3.8) is 0 Å². The van der Waals surface area contributed by atoms with Crippen LogP contribution in [0.25, 0.3) is 11.1 Å². The lowest BCUT2D eigenvalue weighted by molar-refractivity contribution is -0.145. The van der Waals surface area contributed by atoms with Crippen molar-refractivity contribution in [2.24, 2.45) is 0 Å². The molecule has 0 aliphatic heterocycles. The highest BCUT2D eigenvalue weighted by Crippen LogP contribution is 2.44. The Kier molecular flexibility index (Phi) is 6.39. The Balaban J connectivity index is 1.46. The minimum absolute atomic E-state index is 0.0419. The number of nitrogens with one attached hydrogen (secondary N) is 1. The largest absolute Gasteiger partial charge is 0.465 e. The highest BCUT2D eigenvalue weighted by Gasteiger charge is 2.29. The first-order valence-corrected chi connectivity index (χ1v) is 10.1. The minimum Gasteiger partial charge on any atom is -0.465 e. The van der Waals surface area contributed by atoms with Gasteiger partial charge in [0, 0.05) is 12.5 Å². The van der Waals surface area contributed by atoms with Gasteiger partial charge in [0.25, 0.3) is 0 Å². The molecule has 28 heavy (non-hydrogen) atoms. The molecule has 0 aromatic heterocycles. The molecule has 0 saturated heterocycles. The SMILES string of the molecule is CC(C)(Br)C(=O)OCCCNC(=O)OCC1c2ccccc2-c2ccccc21. The van der Waals surface area contributed by atoms with Crippen molar-refractivity contribution in [3.05, 3.63) is 59.7 Å². The standard InChI is InChI=1S/C22H24BrNO4/c1-22(2,23)20(25)27-13-7-12-24-21(26)28-14-19-17-10-5-3-8-15(17)16-9-4-6-11-18(16)19/h3-6,8-11,19H,7,12-14H2,1-2H3,(H,24,26). The van der Waals surface area contributed by atoms with Crippen LogP contribution in [0.4, 0.5) is 4.79 Å². The zero-order valence-electron chi connectivity index (χ0n) is 16.0. The first kappa shape index (κ1) is 20.4. The molecule has 0 heterocycles. The molecule has 0 bridgehead atoms. The number of hydrogen-bond donors (Lipinski definition) is 1. The molecule has 0 unspecified atom stereocenters. The molecule has 1 N–H and O–H groups in total. The van der Waals surface area contributed by atoms with Crippen LogP contribution in [-0.2, 0) is 14.3 Å². The summed E-state index contributed by atoms with van der Waals surface area (Å²) < 4.78 is 9.88. The van der Waals surface area contributed by atoms with Gasteiger partial charge in [-0.25, -0.2) is 4.79 Å². The zero-order chi connectivity index (χ0) is 20.1. The Hall–Kier alpha value is -2.34. The predicted molar refractivity (Wildman–Crippen MR) is 112 cm³/mol. The third-order valence-electron chi connectivity index (χ3n) is 4.65. The second-order valence-corrected chi connectivity index (χ2v) is 9.20. The summed E-state index contributed by atoms with van der Waals surface area (Å²) in [6.45, 7) is 4.37. The van der Waals surface area contributed by atoms with Crippen LogP contribution in [0.2, 0.25) is 0 Å². The maximum atomic E-state index is 12.0. The van der Waals surface area contributed by atoms with Crippen molar-refractivity contribution >= 4 is 28.0 Å². The average molecular weight is 446 g/mol. The highest BCUT2D eigenvalue weighted by molar-refractivity contribution is 9.10. The third kappa shape index (κ3) is 4.73. The van der Waals surface area contributed by atoms with E-state index in [2.05, 4.69) is 45.5 Å². The van der Waals surface area contributed by atoms with Gasteiger partial charge in [0.2, 0.25) is 0 Å². The second kappa shape index (κ2) is 8.78. The van der Waals surface area contributed by atoms with E-state index in [0.29, 0.717) is 13.0 Å². The topological polar surface area (TPSA) is 64.6 Å². The van der Waals surface area contributed by atoms with E-state index in [-0.39, 0.29) is 25.1 Å². The zero-order valence-corrected chi connectivity index (χ0v) is 17.6. The Labute approximate surface area is 173 Å². The number of ether oxygens (including phenoxy) is 2. The molecule has 1 aliphatic rings. The van der Waals surface area contributed by atoms with Crippen LogP contribution in [-0.4, -0.2) is 36.1 Å². The minimum atomic E-state index is -0.701. The number of hydrogen-bond acceptors (Lipinski definition) is 4. The van der Waals surface area contributed by atoms with Crippen molar-refractivity contribution in [2.45, 2.75) is 30.5 Å². The number of carbonyl (C=O) groups excluding carboxylic acids is 2. The summed E-state index contributed by atoms with van der Waals surface area (Å²) in [4.78, 5) is 23.7. The van der Waals surface area contributed by atoms with E-state index in [9.17, 15) is 9.59 Å². The molecule has 1 amide bonds. The van der Waals surface area contributed by atoms with Gasteiger partial charge < -0.3 is 14.8 Å². The maximum Gasteiger partial charge on any atom is 0.407 e. The normalized spacial score (nSPS) is 12.8. The molecule has 0 fully saturated rings. The van der Waals surface area contributed by atoms with Crippen molar-refractivity contribution in [3.8, 4) is 11.1 Å². The van der Waals surface area contributed by atoms with Gasteiger partial charge in [-0.2, -0.15) is 0 Å². The highest BCUT2D eigenvalue weighted by atomic mass is 79.9. The molecule has 0 radical (unpaired) electrons. The number of rotatable bonds is 7. The number of esters is 1. The molecule has 2 aromatic rings. The Morgan fingerprint density at radius 1 is 1.00 bits per heavy atom. The van der Waals surface area contributed by atoms with Crippen molar-refractivity contribution < 1.29 is 19.1 Å². The third-order valence-corrected chi connectivity index (χ3v) is 4.98. The van der Waals surface area contributed by atoms with Gasteiger partial charge in [0.1, 0.15) is 10.9 Å². The van der Waals surface area contributed by atoms with E-state index in [1.807, 2.05) is 24.3 Å². The van der Waals surface area contributed by atoms with Gasteiger partial charge in [0.05, 0.1) is 6.61 Å². The molecule has 3 rings (SSSR count). The first-order valence-electron chi connectivity index (χ1n) is 9.33. The lowest BCUT2D eigenvalue weighted by atomic mass is 9.98. The van der Waals surface area contributed by atoms with Gasteiger partial charge in [0.15, 0.2) is 0 Å². The van der Waals surface area contributed by atoms with Gasteiger partial charge in [-0.3, -0.25) is 4.79 Å². The lowest BCUT2D eigenvalue weighted by Crippen LogP contribution is -2.30. The van der Waals surface area contributed by atoms with E-state index >= 15 is 0 Å². The molecular formula is C22H24BrNO4. The fourth-order valence-corrected chi connectivity index (χ4v) is 3.36. The summed E-state index contributed by atoms with van der Waals surface area (Å²) in [5, 5.41) is 2.70. The summed E-state index contributed by atoms with van der Waals surface area (Å²) in [6, 6.07) is 16.4. The van der Waals surface area contributed by atoms with E-state index in [4.69, 9.17) is 9.47 Å². The molecule has 0 atom stereocenters. The first-order chi connectivity index (χ1) is 13.4. The van der Waals surface area contributed by atoms with Crippen molar-refractivity contribution in [1.82, 2.24) is 5.32 Å². The monoisotopic (exact) mass is 445 g/mol. The molecular weight excluding hydrogens is 422 g/mol. The van der Waals surface area contributed by atoms with Crippen molar-refractivity contribution in [1.29, 1.82) is 0 Å². The van der Waals surface area contributed by atoms with Gasteiger partial charge >= 0.3 is 12.1 Å². The number of alkyl carbamates (subject to hydrolysis) is 1. The fraction of sp³-hybridized carbons (Fsp3) is 0.364. The van der Waals surface area contributed by atoms with E-state index in [0.717, 1.165) is 0 Å². The molecule has 148 valence electrons. The van der Waals surface area contributed by atoms with Crippen LogP contribution >= 0.6 is 15.9 Å². The molecule has 0 spiro atoms. The average Bonchev–Trinajstić information content (AvgIpc) is 2.99. The van der Waals surface area contributed by atoms with Gasteiger partial charge in [-0.1, -0.05) is 64.5 Å². The summed E-state index contributed by atoms with van der Waals surface area (Å²) in [5.41, 5.74) is 4.76. The number of halogens is 1. The molecule has 6 heteroatoms. The van der Waals surface area contributed by atoms with Crippen LogP contribution in [0, 0.1) is 0 Å². The predicted octanol–water partition coefficient (Wildman–Crippen LogP) is 4.63. The van der Waals surface area contributed by atoms with Crippen LogP contribution in [0.1, 0.15) is 37.3 Å². The summed E-state index contributed by atoms with van der Waals surface area (Å²) in [6.07, 6.45) is 0.0629.